The number of hydrogen-bond acceptors (Lipinski definition) is 5. The van der Waals surface area contributed by atoms with Crippen LogP contribution in [-0.4, -0.2) is 35.6 Å². The van der Waals surface area contributed by atoms with Crippen molar-refractivity contribution in [3.8, 4) is 6.07 Å². The molecular weight excluding hydrogens is 318 g/mol. The number of aliphatic hydroxyl groups is 1. The molecule has 2 aromatic rings. The zero-order chi connectivity index (χ0) is 18.0. The van der Waals surface area contributed by atoms with Crippen molar-refractivity contribution in [1.29, 1.82) is 5.26 Å². The van der Waals surface area contributed by atoms with E-state index in [4.69, 9.17) is 4.42 Å². The van der Waals surface area contributed by atoms with E-state index >= 15 is 0 Å². The maximum Gasteiger partial charge on any atom is 0.240 e. The van der Waals surface area contributed by atoms with Crippen molar-refractivity contribution in [2.45, 2.75) is 26.3 Å². The van der Waals surface area contributed by atoms with E-state index in [-0.39, 0.29) is 31.0 Å². The minimum atomic E-state index is -0.261. The second-order valence-corrected chi connectivity index (χ2v) is 6.27. The van der Waals surface area contributed by atoms with Gasteiger partial charge in [-0.2, -0.15) is 5.26 Å². The van der Waals surface area contributed by atoms with Crippen molar-refractivity contribution in [3.63, 3.8) is 0 Å². The highest BCUT2D eigenvalue weighted by molar-refractivity contribution is 5.92. The Kier molecular flexibility index (Phi) is 4.88. The summed E-state index contributed by atoms with van der Waals surface area (Å²) in [5.74, 6) is 0.551. The molecule has 2 heterocycles. The number of furan rings is 1. The molecule has 0 saturated heterocycles. The molecule has 3 rings (SSSR count). The number of rotatable bonds is 4. The fourth-order valence-corrected chi connectivity index (χ4v) is 3.31. The van der Waals surface area contributed by atoms with Crippen LogP contribution in [0.4, 0.5) is 5.88 Å². The number of aliphatic hydroxyl groups excluding tert-OH is 1. The van der Waals surface area contributed by atoms with E-state index in [1.807, 2.05) is 23.1 Å². The fourth-order valence-electron chi connectivity index (χ4n) is 3.31. The van der Waals surface area contributed by atoms with E-state index in [1.165, 1.54) is 5.56 Å². The lowest BCUT2D eigenvalue weighted by atomic mass is 9.93. The van der Waals surface area contributed by atoms with Crippen molar-refractivity contribution in [2.24, 2.45) is 0 Å². The van der Waals surface area contributed by atoms with Crippen molar-refractivity contribution in [3.05, 3.63) is 52.3 Å². The van der Waals surface area contributed by atoms with Gasteiger partial charge in [0.25, 0.3) is 0 Å². The summed E-state index contributed by atoms with van der Waals surface area (Å²) in [6.45, 7) is 4.32. The van der Waals surface area contributed by atoms with Gasteiger partial charge in [0.1, 0.15) is 17.4 Å². The number of aryl methyl sites for hydroxylation is 1. The molecule has 0 saturated carbocycles. The third kappa shape index (κ3) is 3.29. The van der Waals surface area contributed by atoms with E-state index < -0.39 is 0 Å². The van der Waals surface area contributed by atoms with Crippen molar-refractivity contribution >= 4 is 11.8 Å². The molecular formula is C19H21N3O3. The van der Waals surface area contributed by atoms with Crippen LogP contribution in [0.2, 0.25) is 0 Å². The van der Waals surface area contributed by atoms with Gasteiger partial charge in [-0.3, -0.25) is 15.0 Å². The molecule has 1 aliphatic heterocycles. The number of nitrogens with zero attached hydrogens (tertiary/aromatic N) is 2. The Morgan fingerprint density at radius 3 is 2.92 bits per heavy atom. The van der Waals surface area contributed by atoms with Gasteiger partial charge in [0, 0.05) is 12.1 Å². The lowest BCUT2D eigenvalue weighted by molar-refractivity contribution is -0.118. The molecule has 1 aliphatic rings. The van der Waals surface area contributed by atoms with Gasteiger partial charge < -0.3 is 9.52 Å². The third-order valence-corrected chi connectivity index (χ3v) is 4.79. The number of benzene rings is 1. The lowest BCUT2D eigenvalue weighted by Gasteiger charge is -2.35. The maximum absolute atomic E-state index is 12.4. The van der Waals surface area contributed by atoms with Crippen molar-refractivity contribution < 1.29 is 14.3 Å². The Bertz CT molecular complexity index is 835. The first-order chi connectivity index (χ1) is 12.0. The number of carbonyl (C=O) groups is 1. The van der Waals surface area contributed by atoms with Crippen LogP contribution in [0.3, 0.4) is 0 Å². The van der Waals surface area contributed by atoms with Crippen LogP contribution in [0.25, 0.3) is 0 Å². The van der Waals surface area contributed by atoms with E-state index in [9.17, 15) is 15.2 Å². The van der Waals surface area contributed by atoms with Crippen LogP contribution >= 0.6 is 0 Å². The average Bonchev–Trinajstić information content (AvgIpc) is 2.87. The number of nitrogens with one attached hydrogen (secondary N) is 1. The van der Waals surface area contributed by atoms with Gasteiger partial charge in [-0.1, -0.05) is 24.3 Å². The normalized spacial score (nSPS) is 17.0. The molecule has 1 atom stereocenters. The minimum Gasteiger partial charge on any atom is -0.444 e. The molecule has 25 heavy (non-hydrogen) atoms. The third-order valence-electron chi connectivity index (χ3n) is 4.79. The number of fused-ring (bicyclic) bond motifs is 1. The predicted octanol–water partition coefficient (Wildman–Crippen LogP) is 2.30. The zero-order valence-electron chi connectivity index (χ0n) is 14.4. The van der Waals surface area contributed by atoms with Gasteiger partial charge in [-0.15, -0.1) is 0 Å². The summed E-state index contributed by atoms with van der Waals surface area (Å²) in [6, 6.07) is 9.84. The van der Waals surface area contributed by atoms with E-state index in [0.29, 0.717) is 17.9 Å². The molecule has 1 unspecified atom stereocenters. The number of carbonyl (C=O) groups excluding carboxylic acids is 1. The molecule has 1 aromatic heterocycles. The lowest BCUT2D eigenvalue weighted by Crippen LogP contribution is -2.42. The molecule has 0 fully saturated rings. The van der Waals surface area contributed by atoms with Crippen LogP contribution < -0.4 is 5.32 Å². The molecule has 2 N–H and O–H groups in total. The van der Waals surface area contributed by atoms with Crippen LogP contribution in [-0.2, 0) is 11.2 Å². The van der Waals surface area contributed by atoms with E-state index in [0.717, 1.165) is 17.5 Å². The quantitative estimate of drug-likeness (QED) is 0.892. The summed E-state index contributed by atoms with van der Waals surface area (Å²) in [6.07, 6.45) is 0.836. The molecule has 130 valence electrons. The highest BCUT2D eigenvalue weighted by Crippen LogP contribution is 2.29. The summed E-state index contributed by atoms with van der Waals surface area (Å²) >= 11 is 0. The Hall–Kier alpha value is -2.62. The second-order valence-electron chi connectivity index (χ2n) is 6.27. The van der Waals surface area contributed by atoms with Crippen LogP contribution in [0, 0.1) is 25.2 Å². The Morgan fingerprint density at radius 2 is 2.20 bits per heavy atom. The molecule has 1 aromatic carbocycles. The van der Waals surface area contributed by atoms with E-state index in [2.05, 4.69) is 17.5 Å². The van der Waals surface area contributed by atoms with Crippen molar-refractivity contribution in [1.82, 2.24) is 4.90 Å². The standard InChI is InChI=1S/C19H21N3O3/c1-12-13(2)25-19(16(12)9-20)21-18(24)10-22-8-7-14-5-3-4-6-15(14)17(22)11-23/h3-6,17,23H,7-8,10-11H2,1-2H3,(H,21,24). The maximum atomic E-state index is 12.4. The smallest absolute Gasteiger partial charge is 0.240 e. The second kappa shape index (κ2) is 7.09. The number of nitriles is 1. The van der Waals surface area contributed by atoms with Gasteiger partial charge in [0.2, 0.25) is 11.8 Å². The first-order valence-corrected chi connectivity index (χ1v) is 8.27. The van der Waals surface area contributed by atoms with Gasteiger partial charge in [-0.05, 0) is 31.4 Å². The Labute approximate surface area is 146 Å². The summed E-state index contributed by atoms with van der Waals surface area (Å²) in [4.78, 5) is 14.4. The van der Waals surface area contributed by atoms with Gasteiger partial charge >= 0.3 is 0 Å². The molecule has 0 radical (unpaired) electrons. The van der Waals surface area contributed by atoms with Gasteiger partial charge in [0.15, 0.2) is 0 Å². The van der Waals surface area contributed by atoms with Gasteiger partial charge in [-0.25, -0.2) is 0 Å². The molecule has 1 amide bonds. The number of anilines is 1. The summed E-state index contributed by atoms with van der Waals surface area (Å²) in [5, 5.41) is 21.7. The largest absolute Gasteiger partial charge is 0.444 e. The summed E-state index contributed by atoms with van der Waals surface area (Å²) < 4.78 is 5.48. The molecule has 6 nitrogen and oxygen atoms in total. The van der Waals surface area contributed by atoms with Gasteiger partial charge in [0.05, 0.1) is 19.2 Å². The Balaban J connectivity index is 1.74. The first-order valence-electron chi connectivity index (χ1n) is 8.27. The monoisotopic (exact) mass is 339 g/mol. The highest BCUT2D eigenvalue weighted by Gasteiger charge is 2.28. The minimum absolute atomic E-state index is 0.0489. The summed E-state index contributed by atoms with van der Waals surface area (Å²) in [7, 11) is 0. The highest BCUT2D eigenvalue weighted by atomic mass is 16.4. The topological polar surface area (TPSA) is 89.5 Å². The molecule has 6 heteroatoms. The number of amides is 1. The van der Waals surface area contributed by atoms with Crippen molar-refractivity contribution in [2.75, 3.05) is 25.0 Å². The number of hydrogen-bond donors (Lipinski definition) is 2. The van der Waals surface area contributed by atoms with Crippen LogP contribution in [0.1, 0.15) is 34.1 Å². The Morgan fingerprint density at radius 1 is 1.44 bits per heavy atom. The molecule has 0 bridgehead atoms. The van der Waals surface area contributed by atoms with Crippen LogP contribution in [0.15, 0.2) is 28.7 Å². The van der Waals surface area contributed by atoms with E-state index in [1.54, 1.807) is 13.8 Å². The zero-order valence-corrected chi connectivity index (χ0v) is 14.4. The molecule has 0 spiro atoms. The fraction of sp³-hybridized carbons (Fsp3) is 0.368. The van der Waals surface area contributed by atoms with Crippen LogP contribution in [0.5, 0.6) is 0 Å². The summed E-state index contributed by atoms with van der Waals surface area (Å²) in [5.41, 5.74) is 3.36. The average molecular weight is 339 g/mol. The SMILES string of the molecule is Cc1oc(NC(=O)CN2CCc3ccccc3C2CO)c(C#N)c1C. The first kappa shape index (κ1) is 17.2. The predicted molar refractivity (Wildman–Crippen MR) is 93.1 cm³/mol. The molecule has 0 aliphatic carbocycles.